The average molecular weight is 317 g/mol. The second-order valence-electron chi connectivity index (χ2n) is 4.65. The Morgan fingerprint density at radius 3 is 3.14 bits per heavy atom. The fourth-order valence-corrected chi connectivity index (χ4v) is 2.28. The first kappa shape index (κ1) is 14.4. The number of benzene rings is 1. The number of ether oxygens (including phenoxy) is 2. The molecule has 0 fully saturated rings. The van der Waals surface area contributed by atoms with E-state index < -0.39 is 0 Å². The van der Waals surface area contributed by atoms with Crippen molar-refractivity contribution in [2.45, 2.75) is 6.54 Å². The molecule has 0 aliphatic carbocycles. The van der Waals surface area contributed by atoms with Gasteiger partial charge in [0.05, 0.1) is 5.02 Å². The minimum absolute atomic E-state index is 0.161. The summed E-state index contributed by atoms with van der Waals surface area (Å²) in [6.07, 6.45) is 6.52. The average Bonchev–Trinajstić information content (AvgIpc) is 3.01. The first-order valence-electron chi connectivity index (χ1n) is 6.66. The molecule has 0 spiro atoms. The van der Waals surface area contributed by atoms with Gasteiger partial charge in [-0.05, 0) is 35.4 Å². The smallest absolute Gasteiger partial charge is 0.244 e. The van der Waals surface area contributed by atoms with Crippen LogP contribution >= 0.6 is 11.6 Å². The molecule has 0 atom stereocenters. The van der Waals surface area contributed by atoms with Crippen LogP contribution in [0.2, 0.25) is 5.02 Å². The quantitative estimate of drug-likeness (QED) is 0.881. The number of pyridine rings is 1. The molecule has 1 N–H and O–H groups in total. The molecule has 2 aromatic rings. The zero-order chi connectivity index (χ0) is 15.4. The molecule has 1 amide bonds. The molecule has 22 heavy (non-hydrogen) atoms. The Hall–Kier alpha value is -2.53. The molecule has 1 aliphatic heterocycles. The summed E-state index contributed by atoms with van der Waals surface area (Å²) in [6.45, 7) is 0.590. The number of halogens is 1. The normalized spacial score (nSPS) is 12.6. The number of amides is 1. The van der Waals surface area contributed by atoms with Gasteiger partial charge >= 0.3 is 0 Å². The molecule has 2 heterocycles. The fourth-order valence-electron chi connectivity index (χ4n) is 2.01. The van der Waals surface area contributed by atoms with Crippen LogP contribution in [0, 0.1) is 0 Å². The fraction of sp³-hybridized carbons (Fsp3) is 0.125. The lowest BCUT2D eigenvalue weighted by atomic mass is 10.2. The maximum atomic E-state index is 11.8. The highest BCUT2D eigenvalue weighted by Gasteiger charge is 2.17. The Morgan fingerprint density at radius 1 is 1.41 bits per heavy atom. The van der Waals surface area contributed by atoms with E-state index in [4.69, 9.17) is 21.1 Å². The molecule has 5 nitrogen and oxygen atoms in total. The zero-order valence-electron chi connectivity index (χ0n) is 11.6. The van der Waals surface area contributed by atoms with Crippen LogP contribution in [0.15, 0.2) is 42.7 Å². The van der Waals surface area contributed by atoms with E-state index in [1.165, 1.54) is 6.08 Å². The maximum absolute atomic E-state index is 11.8. The van der Waals surface area contributed by atoms with Crippen molar-refractivity contribution in [3.05, 3.63) is 58.9 Å². The third-order valence-electron chi connectivity index (χ3n) is 3.07. The van der Waals surface area contributed by atoms with Crippen LogP contribution < -0.4 is 14.8 Å². The van der Waals surface area contributed by atoms with Gasteiger partial charge in [-0.25, -0.2) is 0 Å². The highest BCUT2D eigenvalue weighted by Crippen LogP contribution is 2.39. The van der Waals surface area contributed by atoms with Crippen LogP contribution in [0.25, 0.3) is 6.08 Å². The second-order valence-corrected chi connectivity index (χ2v) is 5.06. The molecule has 1 aromatic carbocycles. The number of aromatic nitrogens is 1. The molecule has 3 rings (SSSR count). The molecule has 1 aliphatic rings. The molecule has 0 bridgehead atoms. The number of carbonyl (C=O) groups is 1. The van der Waals surface area contributed by atoms with Gasteiger partial charge in [0.15, 0.2) is 11.5 Å². The van der Waals surface area contributed by atoms with Gasteiger partial charge in [-0.2, -0.15) is 0 Å². The van der Waals surface area contributed by atoms with Crippen molar-refractivity contribution in [1.82, 2.24) is 10.3 Å². The number of nitrogens with one attached hydrogen (secondary N) is 1. The standard InChI is InChI=1S/C16H13ClN2O3/c17-13-6-11(7-14-16(13)22-10-21-14)3-4-15(20)19-9-12-2-1-5-18-8-12/h1-8H,9-10H2,(H,19,20)/b4-3+. The van der Waals surface area contributed by atoms with Crippen molar-refractivity contribution in [3.8, 4) is 11.5 Å². The lowest BCUT2D eigenvalue weighted by Crippen LogP contribution is -2.20. The van der Waals surface area contributed by atoms with E-state index in [9.17, 15) is 4.79 Å². The number of nitrogens with zero attached hydrogens (tertiary/aromatic N) is 1. The number of fused-ring (bicyclic) bond motifs is 1. The maximum Gasteiger partial charge on any atom is 0.244 e. The first-order valence-corrected chi connectivity index (χ1v) is 7.04. The molecule has 0 saturated carbocycles. The highest BCUT2D eigenvalue weighted by atomic mass is 35.5. The number of carbonyl (C=O) groups excluding carboxylic acids is 1. The van der Waals surface area contributed by atoms with E-state index in [1.54, 1.807) is 30.6 Å². The van der Waals surface area contributed by atoms with Crippen LogP contribution in [-0.4, -0.2) is 17.7 Å². The Kier molecular flexibility index (Phi) is 4.25. The van der Waals surface area contributed by atoms with Crippen LogP contribution in [0.4, 0.5) is 0 Å². The van der Waals surface area contributed by atoms with Crippen LogP contribution in [0.3, 0.4) is 0 Å². The monoisotopic (exact) mass is 316 g/mol. The predicted octanol–water partition coefficient (Wildman–Crippen LogP) is 2.79. The van der Waals surface area contributed by atoms with E-state index in [1.807, 2.05) is 12.1 Å². The lowest BCUT2D eigenvalue weighted by Gasteiger charge is -2.02. The molecule has 6 heteroatoms. The summed E-state index contributed by atoms with van der Waals surface area (Å²) < 4.78 is 10.5. The van der Waals surface area contributed by atoms with E-state index in [0.29, 0.717) is 23.1 Å². The van der Waals surface area contributed by atoms with Crippen molar-refractivity contribution in [3.63, 3.8) is 0 Å². The summed E-state index contributed by atoms with van der Waals surface area (Å²) in [7, 11) is 0. The van der Waals surface area contributed by atoms with Gasteiger partial charge < -0.3 is 14.8 Å². The number of hydrogen-bond acceptors (Lipinski definition) is 4. The topological polar surface area (TPSA) is 60.5 Å². The van der Waals surface area contributed by atoms with Crippen LogP contribution in [0.1, 0.15) is 11.1 Å². The van der Waals surface area contributed by atoms with Gasteiger partial charge in [0.25, 0.3) is 0 Å². The summed E-state index contributed by atoms with van der Waals surface area (Å²) >= 11 is 6.08. The van der Waals surface area contributed by atoms with Gasteiger partial charge in [0, 0.05) is 25.0 Å². The molecule has 0 radical (unpaired) electrons. The Morgan fingerprint density at radius 2 is 2.32 bits per heavy atom. The van der Waals surface area contributed by atoms with E-state index in [2.05, 4.69) is 10.3 Å². The number of rotatable bonds is 4. The van der Waals surface area contributed by atoms with Gasteiger partial charge in [-0.15, -0.1) is 0 Å². The Balaban J connectivity index is 1.62. The summed E-state index contributed by atoms with van der Waals surface area (Å²) in [6, 6.07) is 7.22. The highest BCUT2D eigenvalue weighted by molar-refractivity contribution is 6.32. The largest absolute Gasteiger partial charge is 0.454 e. The van der Waals surface area contributed by atoms with E-state index in [-0.39, 0.29) is 12.7 Å². The first-order chi connectivity index (χ1) is 10.7. The molecular formula is C16H13ClN2O3. The molecule has 1 aromatic heterocycles. The SMILES string of the molecule is O=C(/C=C/c1cc(Cl)c2c(c1)OCO2)NCc1cccnc1. The number of hydrogen-bond donors (Lipinski definition) is 1. The van der Waals surface area contributed by atoms with Crippen molar-refractivity contribution < 1.29 is 14.3 Å². The van der Waals surface area contributed by atoms with Gasteiger partial charge in [0.2, 0.25) is 12.7 Å². The third-order valence-corrected chi connectivity index (χ3v) is 3.35. The summed E-state index contributed by atoms with van der Waals surface area (Å²) in [5.41, 5.74) is 1.71. The molecule has 0 unspecified atom stereocenters. The van der Waals surface area contributed by atoms with Crippen molar-refractivity contribution in [2.24, 2.45) is 0 Å². The minimum atomic E-state index is -0.197. The van der Waals surface area contributed by atoms with Crippen LogP contribution in [0.5, 0.6) is 11.5 Å². The summed E-state index contributed by atoms with van der Waals surface area (Å²) in [4.78, 5) is 15.8. The Labute approximate surface area is 132 Å². The zero-order valence-corrected chi connectivity index (χ0v) is 12.3. The van der Waals surface area contributed by atoms with Gasteiger partial charge in [0.1, 0.15) is 0 Å². The minimum Gasteiger partial charge on any atom is -0.454 e. The van der Waals surface area contributed by atoms with Crippen molar-refractivity contribution in [2.75, 3.05) is 6.79 Å². The van der Waals surface area contributed by atoms with Gasteiger partial charge in [-0.1, -0.05) is 17.7 Å². The van der Waals surface area contributed by atoms with E-state index in [0.717, 1.165) is 11.1 Å². The molecule has 0 saturated heterocycles. The molecule has 112 valence electrons. The second kappa shape index (κ2) is 6.49. The van der Waals surface area contributed by atoms with Crippen molar-refractivity contribution >= 4 is 23.6 Å². The Bertz CT molecular complexity index is 717. The van der Waals surface area contributed by atoms with Gasteiger partial charge in [-0.3, -0.25) is 9.78 Å². The predicted molar refractivity (Wildman–Crippen MR) is 82.7 cm³/mol. The van der Waals surface area contributed by atoms with Crippen molar-refractivity contribution in [1.29, 1.82) is 0 Å². The molecular weight excluding hydrogens is 304 g/mol. The lowest BCUT2D eigenvalue weighted by molar-refractivity contribution is -0.116. The third kappa shape index (κ3) is 3.38. The summed E-state index contributed by atoms with van der Waals surface area (Å²) in [5, 5.41) is 3.24. The summed E-state index contributed by atoms with van der Waals surface area (Å²) in [5.74, 6) is 0.931. The van der Waals surface area contributed by atoms with E-state index >= 15 is 0 Å². The van der Waals surface area contributed by atoms with Crippen LogP contribution in [-0.2, 0) is 11.3 Å².